The minimum absolute atomic E-state index is 0.0583. The molecular formula is C36H47N7O4. The number of hydrogen-bond acceptors (Lipinski definition) is 8. The number of para-hydroxylation sites is 1. The first-order chi connectivity index (χ1) is 22.8. The Morgan fingerprint density at radius 1 is 1.02 bits per heavy atom. The Labute approximate surface area is 276 Å². The van der Waals surface area contributed by atoms with E-state index < -0.39 is 0 Å². The molecule has 0 aliphatic carbocycles. The number of imidazole rings is 1. The van der Waals surface area contributed by atoms with E-state index in [2.05, 4.69) is 22.5 Å². The largest absolute Gasteiger partial charge is 0.469 e. The number of rotatable bonds is 13. The zero-order valence-electron chi connectivity index (χ0n) is 27.9. The van der Waals surface area contributed by atoms with E-state index in [4.69, 9.17) is 20.4 Å². The molecule has 3 heterocycles. The van der Waals surface area contributed by atoms with Crippen LogP contribution in [0.2, 0.25) is 0 Å². The summed E-state index contributed by atoms with van der Waals surface area (Å²) in [5.74, 6) is 0.0333. The number of amides is 2. The molecule has 0 saturated carbocycles. The summed E-state index contributed by atoms with van der Waals surface area (Å²) in [5, 5.41) is 1.06. The number of nitrogens with two attached hydrogens (primary N) is 1. The van der Waals surface area contributed by atoms with Crippen LogP contribution in [-0.4, -0.2) is 99.9 Å². The van der Waals surface area contributed by atoms with Crippen LogP contribution in [0, 0.1) is 0 Å². The second kappa shape index (κ2) is 16.0. The molecule has 1 fully saturated rings. The van der Waals surface area contributed by atoms with Gasteiger partial charge in [-0.2, -0.15) is 0 Å². The minimum Gasteiger partial charge on any atom is -0.469 e. The molecule has 1 saturated heterocycles. The molecule has 0 bridgehead atoms. The topological polar surface area (TPSA) is 127 Å². The zero-order chi connectivity index (χ0) is 33.3. The highest BCUT2D eigenvalue weighted by atomic mass is 16.5. The van der Waals surface area contributed by atoms with Crippen LogP contribution in [0.4, 0.5) is 0 Å². The summed E-state index contributed by atoms with van der Waals surface area (Å²) < 4.78 is 6.99. The summed E-state index contributed by atoms with van der Waals surface area (Å²) in [7, 11) is 1.38. The Hall–Kier alpha value is -4.35. The molecule has 2 N–H and O–H groups in total. The van der Waals surface area contributed by atoms with Gasteiger partial charge in [0.05, 0.1) is 43.1 Å². The number of benzene rings is 2. The maximum atomic E-state index is 13.9. The fraction of sp³-hybridized carbons (Fsp3) is 0.472. The van der Waals surface area contributed by atoms with Crippen LogP contribution < -0.4 is 5.73 Å². The standard InChI is InChI=1S/C36H47N7O4/c1-26(14-15-37)34-35-36(30-8-4-5-9-31(30)39-34)43(25-38-35)19-7-18-42(23-29-12-10-28(11-13-29)22-33(46)47-3)32(45)24-40-16-6-17-41(21-20-40)27(2)44/h4-5,8-13,25-26H,6-7,14-24,37H2,1-3H3. The predicted molar refractivity (Wildman–Crippen MR) is 183 cm³/mol. The van der Waals surface area contributed by atoms with Crippen LogP contribution in [0.3, 0.4) is 0 Å². The van der Waals surface area contributed by atoms with E-state index >= 15 is 0 Å². The van der Waals surface area contributed by atoms with Gasteiger partial charge in [0, 0.05) is 64.0 Å². The average molecular weight is 642 g/mol. The lowest BCUT2D eigenvalue weighted by Crippen LogP contribution is -2.42. The zero-order valence-corrected chi connectivity index (χ0v) is 27.9. The first-order valence-electron chi connectivity index (χ1n) is 16.6. The van der Waals surface area contributed by atoms with Crippen LogP contribution in [0.25, 0.3) is 21.9 Å². The Morgan fingerprint density at radius 2 is 1.79 bits per heavy atom. The molecule has 1 aliphatic heterocycles. The fourth-order valence-corrected chi connectivity index (χ4v) is 6.39. The van der Waals surface area contributed by atoms with E-state index in [0.717, 1.165) is 71.1 Å². The molecule has 1 unspecified atom stereocenters. The predicted octanol–water partition coefficient (Wildman–Crippen LogP) is 3.73. The summed E-state index contributed by atoms with van der Waals surface area (Å²) in [6.07, 6.45) is 4.51. The Kier molecular flexibility index (Phi) is 11.6. The molecule has 2 amide bonds. The summed E-state index contributed by atoms with van der Waals surface area (Å²) in [4.78, 5) is 53.3. The number of carbonyl (C=O) groups is 3. The molecule has 11 heteroatoms. The van der Waals surface area contributed by atoms with Gasteiger partial charge in [-0.1, -0.05) is 49.4 Å². The first kappa shape index (κ1) is 34.0. The molecule has 1 aliphatic rings. The van der Waals surface area contributed by atoms with Gasteiger partial charge in [-0.25, -0.2) is 4.98 Å². The normalized spacial score (nSPS) is 14.7. The van der Waals surface area contributed by atoms with Crippen molar-refractivity contribution in [1.82, 2.24) is 29.2 Å². The third kappa shape index (κ3) is 8.52. The van der Waals surface area contributed by atoms with Gasteiger partial charge in [-0.3, -0.25) is 24.3 Å². The molecule has 1 atom stereocenters. The Bertz CT molecular complexity index is 1690. The Morgan fingerprint density at radius 3 is 2.53 bits per heavy atom. The maximum Gasteiger partial charge on any atom is 0.309 e. The summed E-state index contributed by atoms with van der Waals surface area (Å²) in [6.45, 7) is 9.16. The van der Waals surface area contributed by atoms with Gasteiger partial charge < -0.3 is 24.8 Å². The molecule has 250 valence electrons. The molecular weight excluding hydrogens is 594 g/mol. The van der Waals surface area contributed by atoms with Crippen LogP contribution >= 0.6 is 0 Å². The molecule has 2 aromatic heterocycles. The highest BCUT2D eigenvalue weighted by Gasteiger charge is 2.23. The number of nitrogens with zero attached hydrogens (tertiary/aromatic N) is 6. The molecule has 2 aromatic carbocycles. The fourth-order valence-electron chi connectivity index (χ4n) is 6.39. The van der Waals surface area contributed by atoms with Crippen LogP contribution in [0.1, 0.15) is 55.8 Å². The third-order valence-electron chi connectivity index (χ3n) is 9.09. The van der Waals surface area contributed by atoms with Crippen molar-refractivity contribution in [3.8, 4) is 0 Å². The minimum atomic E-state index is -0.285. The van der Waals surface area contributed by atoms with Crippen molar-refractivity contribution in [2.75, 3.05) is 52.9 Å². The number of fused-ring (bicyclic) bond motifs is 3. The molecule has 11 nitrogen and oxygen atoms in total. The monoisotopic (exact) mass is 641 g/mol. The van der Waals surface area contributed by atoms with Crippen LogP contribution in [-0.2, 0) is 38.6 Å². The van der Waals surface area contributed by atoms with E-state index in [1.165, 1.54) is 7.11 Å². The third-order valence-corrected chi connectivity index (χ3v) is 9.09. The van der Waals surface area contributed by atoms with Crippen molar-refractivity contribution in [1.29, 1.82) is 0 Å². The quantitative estimate of drug-likeness (QED) is 0.219. The second-order valence-electron chi connectivity index (χ2n) is 12.5. The van der Waals surface area contributed by atoms with Crippen molar-refractivity contribution in [2.24, 2.45) is 5.73 Å². The van der Waals surface area contributed by atoms with Crippen molar-refractivity contribution in [2.45, 2.75) is 58.5 Å². The maximum absolute atomic E-state index is 13.9. The highest BCUT2D eigenvalue weighted by molar-refractivity contribution is 6.03. The van der Waals surface area contributed by atoms with Gasteiger partial charge in [0.15, 0.2) is 0 Å². The van der Waals surface area contributed by atoms with Gasteiger partial charge in [0.25, 0.3) is 0 Å². The van der Waals surface area contributed by atoms with Crippen molar-refractivity contribution in [3.63, 3.8) is 0 Å². The van der Waals surface area contributed by atoms with Crippen molar-refractivity contribution < 1.29 is 19.1 Å². The van der Waals surface area contributed by atoms with Gasteiger partial charge >= 0.3 is 5.97 Å². The number of pyridine rings is 1. The van der Waals surface area contributed by atoms with Gasteiger partial charge in [-0.15, -0.1) is 0 Å². The van der Waals surface area contributed by atoms with Crippen LogP contribution in [0.15, 0.2) is 54.9 Å². The number of aryl methyl sites for hydroxylation is 1. The molecule has 0 spiro atoms. The molecule has 47 heavy (non-hydrogen) atoms. The van der Waals surface area contributed by atoms with Gasteiger partial charge in [0.2, 0.25) is 11.8 Å². The summed E-state index contributed by atoms with van der Waals surface area (Å²) in [6, 6.07) is 15.9. The molecule has 0 radical (unpaired) electrons. The molecule has 5 rings (SSSR count). The highest BCUT2D eigenvalue weighted by Crippen LogP contribution is 2.31. The number of ether oxygens (including phenoxy) is 1. The summed E-state index contributed by atoms with van der Waals surface area (Å²) >= 11 is 0. The SMILES string of the molecule is COC(=O)Cc1ccc(CN(CCCn2cnc3c(C(C)CCN)nc4ccccc4c32)C(=O)CN2CCCN(C(C)=O)CC2)cc1. The van der Waals surface area contributed by atoms with E-state index in [-0.39, 0.29) is 30.1 Å². The number of hydrogen-bond donors (Lipinski definition) is 1. The Balaban J connectivity index is 1.34. The first-order valence-corrected chi connectivity index (χ1v) is 16.6. The van der Waals surface area contributed by atoms with Gasteiger partial charge in [-0.05, 0) is 43.0 Å². The molecule has 4 aromatic rings. The van der Waals surface area contributed by atoms with Crippen molar-refractivity contribution >= 4 is 39.7 Å². The van der Waals surface area contributed by atoms with E-state index in [0.29, 0.717) is 45.8 Å². The smallest absolute Gasteiger partial charge is 0.309 e. The second-order valence-corrected chi connectivity index (χ2v) is 12.5. The number of carbonyl (C=O) groups excluding carboxylic acids is 3. The number of esters is 1. The van der Waals surface area contributed by atoms with Crippen LogP contribution in [0.5, 0.6) is 0 Å². The lowest BCUT2D eigenvalue weighted by molar-refractivity contribution is -0.139. The lowest BCUT2D eigenvalue weighted by Gasteiger charge is -2.27. The van der Waals surface area contributed by atoms with E-state index in [1.54, 1.807) is 6.92 Å². The number of methoxy groups -OCH3 is 1. The average Bonchev–Trinajstić information content (AvgIpc) is 3.35. The summed E-state index contributed by atoms with van der Waals surface area (Å²) in [5.41, 5.74) is 11.6. The van der Waals surface area contributed by atoms with E-state index in [1.807, 2.05) is 58.6 Å². The number of aromatic nitrogens is 3. The lowest BCUT2D eigenvalue weighted by atomic mass is 10.0. The van der Waals surface area contributed by atoms with E-state index in [9.17, 15) is 14.4 Å². The van der Waals surface area contributed by atoms with Crippen molar-refractivity contribution in [3.05, 3.63) is 71.7 Å². The van der Waals surface area contributed by atoms with Gasteiger partial charge in [0.1, 0.15) is 5.52 Å².